The molecule has 0 amide bonds. The molecule has 1 N–H and O–H groups in total. The molecule has 1 heterocycles. The van der Waals surface area contributed by atoms with Crippen LogP contribution in [0.2, 0.25) is 5.02 Å². The minimum Gasteiger partial charge on any atom is -0.294 e. The lowest BCUT2D eigenvalue weighted by Gasteiger charge is -2.07. The first kappa shape index (κ1) is 14.0. The number of nitrogens with zero attached hydrogens (tertiary/aromatic N) is 1. The molecule has 1 aromatic carbocycles. The van der Waals surface area contributed by atoms with Crippen molar-refractivity contribution < 1.29 is 0 Å². The van der Waals surface area contributed by atoms with Gasteiger partial charge in [-0.3, -0.25) is 9.89 Å². The molecule has 20 heavy (non-hydrogen) atoms. The summed E-state index contributed by atoms with van der Waals surface area (Å²) in [6.45, 7) is 1.95. The van der Waals surface area contributed by atoms with Crippen molar-refractivity contribution in [2.24, 2.45) is 0 Å². The van der Waals surface area contributed by atoms with E-state index in [1.165, 1.54) is 12.8 Å². The Morgan fingerprint density at radius 2 is 2.05 bits per heavy atom. The Bertz CT molecular complexity index is 698. The molecule has 0 atom stereocenters. The van der Waals surface area contributed by atoms with Crippen LogP contribution >= 0.6 is 27.5 Å². The summed E-state index contributed by atoms with van der Waals surface area (Å²) in [5, 5.41) is 3.92. The van der Waals surface area contributed by atoms with Gasteiger partial charge in [-0.2, -0.15) is 0 Å². The molecule has 106 valence electrons. The molecular weight excluding hydrogens is 340 g/mol. The number of rotatable bonds is 2. The third-order valence-corrected chi connectivity index (χ3v) is 5.21. The Hall–Kier alpha value is -1.000. The van der Waals surface area contributed by atoms with Crippen LogP contribution in [0.25, 0.3) is 5.69 Å². The Kier molecular flexibility index (Phi) is 3.78. The lowest BCUT2D eigenvalue weighted by Crippen LogP contribution is -2.14. The Balaban J connectivity index is 2.07. The smallest absolute Gasteiger partial charge is 0.285 e. The van der Waals surface area contributed by atoms with E-state index in [1.807, 2.05) is 25.1 Å². The van der Waals surface area contributed by atoms with Crippen LogP contribution in [-0.2, 0) is 0 Å². The Morgan fingerprint density at radius 3 is 2.70 bits per heavy atom. The lowest BCUT2D eigenvalue weighted by molar-refractivity contribution is 0.675. The second kappa shape index (κ2) is 5.41. The Morgan fingerprint density at radius 1 is 1.35 bits per heavy atom. The number of aryl methyl sites for hydroxylation is 1. The molecule has 1 fully saturated rings. The molecule has 1 aliphatic rings. The molecule has 1 saturated carbocycles. The summed E-state index contributed by atoms with van der Waals surface area (Å²) < 4.78 is 2.23. The number of halogens is 2. The zero-order valence-corrected chi connectivity index (χ0v) is 13.6. The van der Waals surface area contributed by atoms with Gasteiger partial charge in [0.2, 0.25) is 0 Å². The van der Waals surface area contributed by atoms with Gasteiger partial charge in [0.25, 0.3) is 5.56 Å². The van der Waals surface area contributed by atoms with Crippen LogP contribution in [0.4, 0.5) is 0 Å². The fourth-order valence-corrected chi connectivity index (χ4v) is 3.59. The quantitative estimate of drug-likeness (QED) is 0.843. The van der Waals surface area contributed by atoms with Gasteiger partial charge in [0.15, 0.2) is 0 Å². The molecule has 2 aromatic rings. The summed E-state index contributed by atoms with van der Waals surface area (Å²) >= 11 is 9.59. The highest BCUT2D eigenvalue weighted by Gasteiger charge is 2.24. The van der Waals surface area contributed by atoms with Gasteiger partial charge in [0.1, 0.15) is 4.47 Å². The average molecular weight is 356 g/mol. The zero-order chi connectivity index (χ0) is 14.3. The second-order valence-electron chi connectivity index (χ2n) is 5.39. The number of benzene rings is 1. The van der Waals surface area contributed by atoms with E-state index in [4.69, 9.17) is 11.6 Å². The number of aromatic nitrogens is 2. The van der Waals surface area contributed by atoms with Crippen LogP contribution in [0.1, 0.15) is 42.9 Å². The van der Waals surface area contributed by atoms with Crippen LogP contribution in [0.5, 0.6) is 0 Å². The summed E-state index contributed by atoms with van der Waals surface area (Å²) in [5.41, 5.74) is 2.75. The van der Waals surface area contributed by atoms with E-state index >= 15 is 0 Å². The molecule has 0 saturated heterocycles. The molecule has 3 nitrogen and oxygen atoms in total. The topological polar surface area (TPSA) is 37.8 Å². The fraction of sp³-hybridized carbons (Fsp3) is 0.400. The predicted octanol–water partition coefficient (Wildman–Crippen LogP) is 4.55. The van der Waals surface area contributed by atoms with Gasteiger partial charge in [-0.15, -0.1) is 0 Å². The molecule has 0 unspecified atom stereocenters. The molecule has 3 rings (SSSR count). The third kappa shape index (κ3) is 2.35. The van der Waals surface area contributed by atoms with Gasteiger partial charge in [-0.25, -0.2) is 4.68 Å². The summed E-state index contributed by atoms with van der Waals surface area (Å²) in [7, 11) is 0. The van der Waals surface area contributed by atoms with Crippen molar-refractivity contribution >= 4 is 27.5 Å². The number of nitrogens with one attached hydrogen (secondary N) is 1. The predicted molar refractivity (Wildman–Crippen MR) is 85.0 cm³/mol. The first-order chi connectivity index (χ1) is 9.58. The summed E-state index contributed by atoms with van der Waals surface area (Å²) in [6, 6.07) is 5.65. The van der Waals surface area contributed by atoms with Crippen molar-refractivity contribution in [3.8, 4) is 5.69 Å². The monoisotopic (exact) mass is 354 g/mol. The lowest BCUT2D eigenvalue weighted by atomic mass is 10.1. The molecule has 0 radical (unpaired) electrons. The minimum absolute atomic E-state index is 0.0492. The second-order valence-corrected chi connectivity index (χ2v) is 6.60. The highest BCUT2D eigenvalue weighted by molar-refractivity contribution is 9.10. The zero-order valence-electron chi connectivity index (χ0n) is 11.2. The molecule has 5 heteroatoms. The van der Waals surface area contributed by atoms with Crippen LogP contribution in [0.3, 0.4) is 0 Å². The standard InChI is InChI=1S/C15H16BrClN2O/c1-9-6-7-11(8-12(9)17)19-15(20)13(16)14(18-19)10-4-2-3-5-10/h6-8,10,18H,2-5H2,1H3. The summed E-state index contributed by atoms with van der Waals surface area (Å²) in [4.78, 5) is 12.4. The van der Waals surface area contributed by atoms with Gasteiger partial charge in [0.05, 0.1) is 11.4 Å². The molecular formula is C15H16BrClN2O. The normalized spacial score (nSPS) is 15.9. The number of H-pyrrole nitrogens is 1. The SMILES string of the molecule is Cc1ccc(-n2[nH]c(C3CCCC3)c(Br)c2=O)cc1Cl. The minimum atomic E-state index is -0.0492. The molecule has 0 aliphatic heterocycles. The number of hydrogen-bond donors (Lipinski definition) is 1. The first-order valence-corrected chi connectivity index (χ1v) is 8.02. The average Bonchev–Trinajstić information content (AvgIpc) is 3.04. The fourth-order valence-electron chi connectivity index (χ4n) is 2.82. The van der Waals surface area contributed by atoms with Gasteiger partial charge in [-0.05, 0) is 53.4 Å². The van der Waals surface area contributed by atoms with E-state index in [0.29, 0.717) is 15.4 Å². The van der Waals surface area contributed by atoms with Crippen molar-refractivity contribution in [3.05, 3.63) is 49.3 Å². The van der Waals surface area contributed by atoms with E-state index in [-0.39, 0.29) is 5.56 Å². The van der Waals surface area contributed by atoms with E-state index in [9.17, 15) is 4.79 Å². The molecule has 1 aromatic heterocycles. The Labute approximate surface area is 131 Å². The van der Waals surface area contributed by atoms with E-state index < -0.39 is 0 Å². The maximum atomic E-state index is 12.4. The van der Waals surface area contributed by atoms with Crippen molar-refractivity contribution in [2.45, 2.75) is 38.5 Å². The van der Waals surface area contributed by atoms with Crippen LogP contribution in [-0.4, -0.2) is 9.78 Å². The van der Waals surface area contributed by atoms with Crippen LogP contribution in [0.15, 0.2) is 27.5 Å². The van der Waals surface area contributed by atoms with Crippen molar-refractivity contribution in [1.29, 1.82) is 0 Å². The maximum absolute atomic E-state index is 12.4. The van der Waals surface area contributed by atoms with Gasteiger partial charge in [-0.1, -0.05) is 30.5 Å². The highest BCUT2D eigenvalue weighted by Crippen LogP contribution is 2.35. The van der Waals surface area contributed by atoms with Crippen LogP contribution in [0, 0.1) is 6.92 Å². The molecule has 1 aliphatic carbocycles. The molecule has 0 bridgehead atoms. The van der Waals surface area contributed by atoms with Gasteiger partial charge < -0.3 is 0 Å². The highest BCUT2D eigenvalue weighted by atomic mass is 79.9. The van der Waals surface area contributed by atoms with E-state index in [2.05, 4.69) is 21.0 Å². The van der Waals surface area contributed by atoms with Crippen molar-refractivity contribution in [2.75, 3.05) is 0 Å². The number of aromatic amines is 1. The third-order valence-electron chi connectivity index (χ3n) is 4.04. The van der Waals surface area contributed by atoms with E-state index in [0.717, 1.165) is 29.8 Å². The largest absolute Gasteiger partial charge is 0.294 e. The summed E-state index contributed by atoms with van der Waals surface area (Å²) in [5.74, 6) is 0.458. The van der Waals surface area contributed by atoms with Crippen molar-refractivity contribution in [1.82, 2.24) is 9.78 Å². The summed E-state index contributed by atoms with van der Waals surface area (Å²) in [6.07, 6.45) is 4.77. The van der Waals surface area contributed by atoms with E-state index in [1.54, 1.807) is 4.68 Å². The van der Waals surface area contributed by atoms with Gasteiger partial charge in [0, 0.05) is 10.9 Å². The molecule has 0 spiro atoms. The maximum Gasteiger partial charge on any atom is 0.285 e. The van der Waals surface area contributed by atoms with Crippen LogP contribution < -0.4 is 5.56 Å². The number of hydrogen-bond acceptors (Lipinski definition) is 1. The first-order valence-electron chi connectivity index (χ1n) is 6.85. The van der Waals surface area contributed by atoms with Gasteiger partial charge >= 0.3 is 0 Å². The van der Waals surface area contributed by atoms with Crippen molar-refractivity contribution in [3.63, 3.8) is 0 Å².